The van der Waals surface area contributed by atoms with E-state index in [1.807, 2.05) is 51.4 Å². The molecule has 0 amide bonds. The van der Waals surface area contributed by atoms with Gasteiger partial charge in [-0.3, -0.25) is 14.8 Å². The number of fused-ring (bicyclic) bond motifs is 1. The van der Waals surface area contributed by atoms with Crippen LogP contribution >= 0.6 is 11.6 Å². The standard InChI is InChI=1S/C30H28ClN5O3/c1-4-38-29-16-27-25(14-20(29)13-24(37)10-12-36(2)3)30(21(17-32)18-34-27)35-22-8-9-28(26(31)15-22)39-19-23-7-5-6-11-33-23/h5-12,14-16,18H,4,13,19H2,1-3H3,(H,34,35)/b12-10+. The van der Waals surface area contributed by atoms with Gasteiger partial charge in [0.25, 0.3) is 0 Å². The quantitative estimate of drug-likeness (QED) is 0.229. The Labute approximate surface area is 232 Å². The number of allylic oxidation sites excluding steroid dienone is 1. The van der Waals surface area contributed by atoms with Gasteiger partial charge < -0.3 is 19.7 Å². The average Bonchev–Trinajstić information content (AvgIpc) is 2.93. The SMILES string of the molecule is CCOc1cc2ncc(C#N)c(Nc3ccc(OCc4ccccn4)c(Cl)c3)c2cc1CC(=O)/C=C/N(C)C. The number of ether oxygens (including phenoxy) is 2. The summed E-state index contributed by atoms with van der Waals surface area (Å²) in [4.78, 5) is 23.2. The molecule has 0 spiro atoms. The Morgan fingerprint density at radius 1 is 1.13 bits per heavy atom. The molecule has 0 unspecified atom stereocenters. The molecule has 4 aromatic rings. The van der Waals surface area contributed by atoms with Gasteiger partial charge in [-0.15, -0.1) is 0 Å². The summed E-state index contributed by atoms with van der Waals surface area (Å²) in [5.41, 5.74) is 3.69. The molecule has 2 heterocycles. The van der Waals surface area contributed by atoms with Crippen molar-refractivity contribution in [2.45, 2.75) is 20.0 Å². The van der Waals surface area contributed by atoms with Crippen LogP contribution in [0.2, 0.25) is 5.02 Å². The average molecular weight is 542 g/mol. The topological polar surface area (TPSA) is 100 Å². The Morgan fingerprint density at radius 2 is 1.97 bits per heavy atom. The van der Waals surface area contributed by atoms with Gasteiger partial charge in [0.2, 0.25) is 0 Å². The highest BCUT2D eigenvalue weighted by molar-refractivity contribution is 6.32. The fourth-order valence-electron chi connectivity index (χ4n) is 3.87. The predicted octanol–water partition coefficient (Wildman–Crippen LogP) is 6.06. The van der Waals surface area contributed by atoms with Gasteiger partial charge in [-0.2, -0.15) is 5.26 Å². The summed E-state index contributed by atoms with van der Waals surface area (Å²) >= 11 is 6.52. The summed E-state index contributed by atoms with van der Waals surface area (Å²) in [7, 11) is 3.70. The van der Waals surface area contributed by atoms with Gasteiger partial charge in [-0.05, 0) is 49.4 Å². The van der Waals surface area contributed by atoms with Crippen LogP contribution in [0.1, 0.15) is 23.7 Å². The zero-order chi connectivity index (χ0) is 27.8. The molecule has 2 aromatic heterocycles. The maximum absolute atomic E-state index is 12.6. The number of rotatable bonds is 11. The van der Waals surface area contributed by atoms with E-state index < -0.39 is 0 Å². The Hall–Kier alpha value is -4.61. The number of nitrogens with zero attached hydrogens (tertiary/aromatic N) is 4. The van der Waals surface area contributed by atoms with Crippen molar-refractivity contribution in [3.63, 3.8) is 0 Å². The van der Waals surface area contributed by atoms with E-state index in [0.29, 0.717) is 56.5 Å². The molecule has 0 aliphatic heterocycles. The number of halogens is 1. The number of carbonyl (C=O) groups is 1. The van der Waals surface area contributed by atoms with E-state index in [1.54, 1.807) is 35.5 Å². The van der Waals surface area contributed by atoms with Crippen molar-refractivity contribution < 1.29 is 14.3 Å². The second kappa shape index (κ2) is 12.8. The second-order valence-corrected chi connectivity index (χ2v) is 9.28. The fraction of sp³-hybridized carbons (Fsp3) is 0.200. The number of ketones is 1. The van der Waals surface area contributed by atoms with Crippen LogP contribution in [0.5, 0.6) is 11.5 Å². The third kappa shape index (κ3) is 7.03. The number of nitrogens with one attached hydrogen (secondary N) is 1. The van der Waals surface area contributed by atoms with Crippen LogP contribution in [0, 0.1) is 11.3 Å². The van der Waals surface area contributed by atoms with Crippen molar-refractivity contribution in [3.8, 4) is 17.6 Å². The largest absolute Gasteiger partial charge is 0.494 e. The highest BCUT2D eigenvalue weighted by Gasteiger charge is 2.16. The molecule has 9 heteroatoms. The van der Waals surface area contributed by atoms with Crippen LogP contribution in [-0.4, -0.2) is 41.4 Å². The second-order valence-electron chi connectivity index (χ2n) is 8.87. The van der Waals surface area contributed by atoms with E-state index in [-0.39, 0.29) is 18.8 Å². The van der Waals surface area contributed by atoms with Gasteiger partial charge in [0.15, 0.2) is 5.78 Å². The monoisotopic (exact) mass is 541 g/mol. The Balaban J connectivity index is 1.66. The molecule has 0 saturated heterocycles. The summed E-state index contributed by atoms with van der Waals surface area (Å²) in [6.07, 6.45) is 6.59. The number of pyridine rings is 2. The number of anilines is 2. The minimum atomic E-state index is -0.0732. The molecule has 0 bridgehead atoms. The van der Waals surface area contributed by atoms with E-state index in [2.05, 4.69) is 21.4 Å². The molecule has 0 aliphatic rings. The first-order chi connectivity index (χ1) is 18.9. The third-order valence-electron chi connectivity index (χ3n) is 5.70. The van der Waals surface area contributed by atoms with Crippen molar-refractivity contribution in [1.29, 1.82) is 5.26 Å². The van der Waals surface area contributed by atoms with Crippen molar-refractivity contribution >= 4 is 39.7 Å². The van der Waals surface area contributed by atoms with Crippen LogP contribution in [0.25, 0.3) is 10.9 Å². The third-order valence-corrected chi connectivity index (χ3v) is 5.99. The minimum absolute atomic E-state index is 0.0732. The number of hydrogen-bond acceptors (Lipinski definition) is 8. The van der Waals surface area contributed by atoms with Crippen molar-refractivity contribution in [2.75, 3.05) is 26.0 Å². The van der Waals surface area contributed by atoms with Crippen LogP contribution in [0.15, 0.2) is 73.2 Å². The normalized spacial score (nSPS) is 10.8. The van der Waals surface area contributed by atoms with Crippen LogP contribution < -0.4 is 14.8 Å². The van der Waals surface area contributed by atoms with Gasteiger partial charge in [0.1, 0.15) is 24.2 Å². The van der Waals surface area contributed by atoms with Gasteiger partial charge in [0.05, 0.1) is 34.1 Å². The maximum Gasteiger partial charge on any atom is 0.161 e. The van der Waals surface area contributed by atoms with Gasteiger partial charge in [-0.25, -0.2) is 0 Å². The minimum Gasteiger partial charge on any atom is -0.494 e. The van der Waals surface area contributed by atoms with E-state index in [0.717, 1.165) is 5.69 Å². The zero-order valence-corrected chi connectivity index (χ0v) is 22.7. The lowest BCUT2D eigenvalue weighted by Crippen LogP contribution is -2.07. The van der Waals surface area contributed by atoms with E-state index in [4.69, 9.17) is 21.1 Å². The van der Waals surface area contributed by atoms with Crippen LogP contribution in [0.3, 0.4) is 0 Å². The molecule has 0 radical (unpaired) electrons. The Bertz CT molecular complexity index is 1550. The summed E-state index contributed by atoms with van der Waals surface area (Å²) in [5.74, 6) is 1.02. The molecular formula is C30H28ClN5O3. The first-order valence-corrected chi connectivity index (χ1v) is 12.7. The summed E-state index contributed by atoms with van der Waals surface area (Å²) < 4.78 is 11.6. The van der Waals surface area contributed by atoms with Crippen LogP contribution in [0.4, 0.5) is 11.4 Å². The lowest BCUT2D eigenvalue weighted by Gasteiger charge is -2.16. The Kier molecular flexibility index (Phi) is 8.97. The molecule has 0 aliphatic carbocycles. The highest BCUT2D eigenvalue weighted by Crippen LogP contribution is 2.36. The summed E-state index contributed by atoms with van der Waals surface area (Å²) in [6.45, 7) is 2.61. The molecule has 4 rings (SSSR count). The fourth-order valence-corrected chi connectivity index (χ4v) is 4.10. The predicted molar refractivity (Wildman–Crippen MR) is 152 cm³/mol. The zero-order valence-electron chi connectivity index (χ0n) is 21.9. The van der Waals surface area contributed by atoms with Crippen molar-refractivity contribution in [3.05, 3.63) is 95.0 Å². The lowest BCUT2D eigenvalue weighted by atomic mass is 10.0. The van der Waals surface area contributed by atoms with E-state index in [9.17, 15) is 10.1 Å². The molecule has 198 valence electrons. The molecule has 39 heavy (non-hydrogen) atoms. The molecule has 2 aromatic carbocycles. The Morgan fingerprint density at radius 3 is 2.67 bits per heavy atom. The first kappa shape index (κ1) is 27.4. The smallest absolute Gasteiger partial charge is 0.161 e. The molecule has 0 atom stereocenters. The maximum atomic E-state index is 12.6. The highest BCUT2D eigenvalue weighted by atomic mass is 35.5. The van der Waals surface area contributed by atoms with Crippen molar-refractivity contribution in [1.82, 2.24) is 14.9 Å². The van der Waals surface area contributed by atoms with Gasteiger partial charge in [-0.1, -0.05) is 17.7 Å². The summed E-state index contributed by atoms with van der Waals surface area (Å²) in [5, 5.41) is 14.2. The van der Waals surface area contributed by atoms with E-state index in [1.165, 1.54) is 12.3 Å². The van der Waals surface area contributed by atoms with Gasteiger partial charge in [0, 0.05) is 61.8 Å². The number of nitriles is 1. The first-order valence-electron chi connectivity index (χ1n) is 12.3. The van der Waals surface area contributed by atoms with Crippen molar-refractivity contribution in [2.24, 2.45) is 0 Å². The molecular weight excluding hydrogens is 514 g/mol. The number of aromatic nitrogens is 2. The molecule has 0 fully saturated rings. The van der Waals surface area contributed by atoms with E-state index >= 15 is 0 Å². The lowest BCUT2D eigenvalue weighted by molar-refractivity contribution is -0.114. The number of benzene rings is 2. The number of hydrogen-bond donors (Lipinski definition) is 1. The van der Waals surface area contributed by atoms with Gasteiger partial charge >= 0.3 is 0 Å². The molecule has 8 nitrogen and oxygen atoms in total. The summed E-state index contributed by atoms with van der Waals surface area (Å²) in [6, 6.07) is 16.8. The van der Waals surface area contributed by atoms with Crippen LogP contribution in [-0.2, 0) is 17.8 Å². The molecule has 1 N–H and O–H groups in total. The number of carbonyl (C=O) groups excluding carboxylic acids is 1. The molecule has 0 saturated carbocycles.